The predicted molar refractivity (Wildman–Crippen MR) is 83.0 cm³/mol. The maximum atomic E-state index is 9.28. The summed E-state index contributed by atoms with van der Waals surface area (Å²) in [6.45, 7) is 7.33. The van der Waals surface area contributed by atoms with E-state index in [4.69, 9.17) is 4.74 Å². The average molecular weight is 280 g/mol. The largest absolute Gasteiger partial charge is 0.496 e. The van der Waals surface area contributed by atoms with Crippen molar-refractivity contribution < 1.29 is 9.84 Å². The van der Waals surface area contributed by atoms with Gasteiger partial charge in [0.1, 0.15) is 5.75 Å². The van der Waals surface area contributed by atoms with Crippen molar-refractivity contribution in [1.29, 1.82) is 0 Å². The Kier molecular flexibility index (Phi) is 6.99. The first-order chi connectivity index (χ1) is 9.51. The summed E-state index contributed by atoms with van der Waals surface area (Å²) >= 11 is 0. The van der Waals surface area contributed by atoms with Gasteiger partial charge in [0.2, 0.25) is 0 Å². The molecule has 0 aromatic heterocycles. The number of nitrogens with zero attached hydrogens (tertiary/aromatic N) is 2. The normalized spacial score (nSPS) is 13.0. The van der Waals surface area contributed by atoms with Gasteiger partial charge in [-0.05, 0) is 45.3 Å². The van der Waals surface area contributed by atoms with E-state index in [2.05, 4.69) is 37.7 Å². The van der Waals surface area contributed by atoms with Crippen molar-refractivity contribution in [2.45, 2.75) is 33.0 Å². The summed E-state index contributed by atoms with van der Waals surface area (Å²) in [5.74, 6) is 0.887. The van der Waals surface area contributed by atoms with Crippen molar-refractivity contribution in [2.75, 3.05) is 34.3 Å². The summed E-state index contributed by atoms with van der Waals surface area (Å²) in [7, 11) is 5.88. The lowest BCUT2D eigenvalue weighted by Crippen LogP contribution is -2.39. The van der Waals surface area contributed by atoms with Crippen molar-refractivity contribution in [1.82, 2.24) is 9.80 Å². The van der Waals surface area contributed by atoms with Gasteiger partial charge in [-0.25, -0.2) is 0 Å². The van der Waals surface area contributed by atoms with E-state index in [1.54, 1.807) is 7.11 Å². The molecule has 0 aliphatic carbocycles. The van der Waals surface area contributed by atoms with Gasteiger partial charge in [0.25, 0.3) is 0 Å². The number of likely N-dealkylation sites (N-methyl/N-ethyl adjacent to an activating group) is 2. The molecule has 0 aliphatic heterocycles. The van der Waals surface area contributed by atoms with Gasteiger partial charge in [-0.2, -0.15) is 0 Å². The molecule has 0 radical (unpaired) electrons. The quantitative estimate of drug-likeness (QED) is 0.789. The molecule has 1 aromatic carbocycles. The second-order valence-corrected chi connectivity index (χ2v) is 5.48. The van der Waals surface area contributed by atoms with Crippen LogP contribution in [0, 0.1) is 0 Å². The summed E-state index contributed by atoms with van der Waals surface area (Å²) in [6, 6.07) is 6.34. The molecule has 0 amide bonds. The number of hydrogen-bond acceptors (Lipinski definition) is 4. The third-order valence-corrected chi connectivity index (χ3v) is 3.56. The van der Waals surface area contributed by atoms with Crippen LogP contribution in [-0.4, -0.2) is 55.2 Å². The van der Waals surface area contributed by atoms with Gasteiger partial charge in [0.05, 0.1) is 13.7 Å². The van der Waals surface area contributed by atoms with Gasteiger partial charge in [0.15, 0.2) is 0 Å². The Morgan fingerprint density at radius 2 is 2.00 bits per heavy atom. The number of rotatable bonds is 8. The molecule has 20 heavy (non-hydrogen) atoms. The smallest absolute Gasteiger partial charge is 0.123 e. The molecular weight excluding hydrogens is 252 g/mol. The molecule has 1 rings (SSSR count). The van der Waals surface area contributed by atoms with Crippen molar-refractivity contribution in [3.05, 3.63) is 29.3 Å². The van der Waals surface area contributed by atoms with Gasteiger partial charge in [-0.1, -0.05) is 13.0 Å². The van der Waals surface area contributed by atoms with Crippen molar-refractivity contribution >= 4 is 0 Å². The maximum Gasteiger partial charge on any atom is 0.123 e. The van der Waals surface area contributed by atoms with Gasteiger partial charge < -0.3 is 14.7 Å². The zero-order valence-electron chi connectivity index (χ0n) is 13.4. The van der Waals surface area contributed by atoms with E-state index >= 15 is 0 Å². The molecule has 4 heteroatoms. The van der Waals surface area contributed by atoms with E-state index in [0.29, 0.717) is 6.04 Å². The lowest BCUT2D eigenvalue weighted by atomic mass is 10.1. The van der Waals surface area contributed by atoms with Crippen LogP contribution in [-0.2, 0) is 13.2 Å². The van der Waals surface area contributed by atoms with Crippen LogP contribution in [0.2, 0.25) is 0 Å². The first-order valence-electron chi connectivity index (χ1n) is 7.17. The Balaban J connectivity index is 2.87. The molecule has 4 nitrogen and oxygen atoms in total. The first-order valence-corrected chi connectivity index (χ1v) is 7.17. The van der Waals surface area contributed by atoms with Crippen LogP contribution in [0.25, 0.3) is 0 Å². The highest BCUT2D eigenvalue weighted by atomic mass is 16.5. The van der Waals surface area contributed by atoms with Crippen molar-refractivity contribution in [2.24, 2.45) is 0 Å². The molecule has 0 saturated heterocycles. The molecule has 0 bridgehead atoms. The highest BCUT2D eigenvalue weighted by Crippen LogP contribution is 2.22. The standard InChI is InChI=1S/C16H28N2O2/c1-6-18(13(2)10-17(3)4)11-15-9-14(12-19)7-8-16(15)20-5/h7-9,13,19H,6,10-12H2,1-5H3. The molecular formula is C16H28N2O2. The minimum Gasteiger partial charge on any atom is -0.496 e. The monoisotopic (exact) mass is 280 g/mol. The molecule has 1 unspecified atom stereocenters. The Labute approximate surface area is 123 Å². The van der Waals surface area contributed by atoms with Crippen molar-refractivity contribution in [3.63, 3.8) is 0 Å². The van der Waals surface area contributed by atoms with Crippen molar-refractivity contribution in [3.8, 4) is 5.75 Å². The zero-order chi connectivity index (χ0) is 15.1. The molecule has 114 valence electrons. The van der Waals surface area contributed by atoms with E-state index in [0.717, 1.165) is 36.5 Å². The fourth-order valence-corrected chi connectivity index (χ4v) is 2.50. The van der Waals surface area contributed by atoms with E-state index in [9.17, 15) is 5.11 Å². The Bertz CT molecular complexity index is 407. The van der Waals surface area contributed by atoms with E-state index in [1.165, 1.54) is 0 Å². The third kappa shape index (κ3) is 4.78. The van der Waals surface area contributed by atoms with Crippen LogP contribution >= 0.6 is 0 Å². The molecule has 0 aliphatic rings. The number of hydrogen-bond donors (Lipinski definition) is 1. The lowest BCUT2D eigenvalue weighted by Gasteiger charge is -2.30. The molecule has 1 aromatic rings. The van der Waals surface area contributed by atoms with E-state index < -0.39 is 0 Å². The molecule has 0 spiro atoms. The molecule has 0 heterocycles. The molecule has 0 fully saturated rings. The molecule has 0 saturated carbocycles. The predicted octanol–water partition coefficient (Wildman–Crippen LogP) is 1.96. The number of methoxy groups -OCH3 is 1. The third-order valence-electron chi connectivity index (χ3n) is 3.56. The summed E-state index contributed by atoms with van der Waals surface area (Å²) in [5.41, 5.74) is 2.06. The summed E-state index contributed by atoms with van der Waals surface area (Å²) < 4.78 is 5.43. The average Bonchev–Trinajstić information content (AvgIpc) is 2.43. The van der Waals surface area contributed by atoms with Crippen LogP contribution in [0.4, 0.5) is 0 Å². The first kappa shape index (κ1) is 17.0. The van der Waals surface area contributed by atoms with Crippen LogP contribution in [0.15, 0.2) is 18.2 Å². The number of aliphatic hydroxyl groups is 1. The fourth-order valence-electron chi connectivity index (χ4n) is 2.50. The summed E-state index contributed by atoms with van der Waals surface area (Å²) in [6.07, 6.45) is 0. The van der Waals surface area contributed by atoms with E-state index in [1.807, 2.05) is 18.2 Å². The number of ether oxygens (including phenoxy) is 1. The van der Waals surface area contributed by atoms with E-state index in [-0.39, 0.29) is 6.61 Å². The minimum absolute atomic E-state index is 0.0658. The molecule has 1 atom stereocenters. The van der Waals surface area contributed by atoms with Gasteiger partial charge in [-0.15, -0.1) is 0 Å². The Hall–Kier alpha value is -1.10. The van der Waals surface area contributed by atoms with Crippen LogP contribution in [0.3, 0.4) is 0 Å². The topological polar surface area (TPSA) is 35.9 Å². The number of aliphatic hydroxyl groups excluding tert-OH is 1. The highest BCUT2D eigenvalue weighted by molar-refractivity contribution is 5.37. The summed E-state index contributed by atoms with van der Waals surface area (Å²) in [5, 5.41) is 9.28. The van der Waals surface area contributed by atoms with Crippen LogP contribution < -0.4 is 4.74 Å². The van der Waals surface area contributed by atoms with Gasteiger partial charge in [-0.3, -0.25) is 4.90 Å². The second kappa shape index (κ2) is 8.25. The fraction of sp³-hybridized carbons (Fsp3) is 0.625. The Morgan fingerprint density at radius 3 is 2.50 bits per heavy atom. The van der Waals surface area contributed by atoms with Gasteiger partial charge >= 0.3 is 0 Å². The lowest BCUT2D eigenvalue weighted by molar-refractivity contribution is 0.172. The van der Waals surface area contributed by atoms with Gasteiger partial charge in [0, 0.05) is 24.7 Å². The molecule has 1 N–H and O–H groups in total. The number of benzene rings is 1. The maximum absolute atomic E-state index is 9.28. The Morgan fingerprint density at radius 1 is 1.30 bits per heavy atom. The summed E-state index contributed by atoms with van der Waals surface area (Å²) in [4.78, 5) is 4.62. The minimum atomic E-state index is 0.0658. The zero-order valence-corrected chi connectivity index (χ0v) is 13.4. The SMILES string of the molecule is CCN(Cc1cc(CO)ccc1OC)C(C)CN(C)C. The second-order valence-electron chi connectivity index (χ2n) is 5.48. The van der Waals surface area contributed by atoms with Crippen LogP contribution in [0.1, 0.15) is 25.0 Å². The van der Waals surface area contributed by atoms with Crippen LogP contribution in [0.5, 0.6) is 5.75 Å². The highest BCUT2D eigenvalue weighted by Gasteiger charge is 2.15.